The van der Waals surface area contributed by atoms with Crippen molar-refractivity contribution in [2.24, 2.45) is 7.05 Å². The van der Waals surface area contributed by atoms with Crippen molar-refractivity contribution in [3.8, 4) is 28.6 Å². The Balaban J connectivity index is 1.71. The van der Waals surface area contributed by atoms with Gasteiger partial charge >= 0.3 is 0 Å². The fraction of sp³-hybridized carbons (Fsp3) is 0.182. The van der Waals surface area contributed by atoms with Crippen LogP contribution in [0.1, 0.15) is 0 Å². The number of aryl methyl sites for hydroxylation is 1. The average molecular weight is 390 g/mol. The summed E-state index contributed by atoms with van der Waals surface area (Å²) in [5.74, 6) is 3.68. The fourth-order valence-electron chi connectivity index (χ4n) is 3.25. The van der Waals surface area contributed by atoms with Gasteiger partial charge in [-0.15, -0.1) is 0 Å². The molecular weight excluding hydrogens is 368 g/mol. The summed E-state index contributed by atoms with van der Waals surface area (Å²) in [6.07, 6.45) is 1.77. The van der Waals surface area contributed by atoms with Gasteiger partial charge in [0.25, 0.3) is 0 Å². The Kier molecular flexibility index (Phi) is 4.95. The van der Waals surface area contributed by atoms with Gasteiger partial charge in [-0.1, -0.05) is 6.07 Å². The van der Waals surface area contributed by atoms with Gasteiger partial charge in [0.15, 0.2) is 11.5 Å². The molecule has 0 spiro atoms. The summed E-state index contributed by atoms with van der Waals surface area (Å²) < 4.78 is 18.1. The van der Waals surface area contributed by atoms with Crippen molar-refractivity contribution in [3.05, 3.63) is 54.7 Å². The van der Waals surface area contributed by atoms with Crippen LogP contribution in [0.5, 0.6) is 17.2 Å². The van der Waals surface area contributed by atoms with Crippen LogP contribution in [0.15, 0.2) is 54.7 Å². The fourth-order valence-corrected chi connectivity index (χ4v) is 3.25. The quantitative estimate of drug-likeness (QED) is 0.526. The molecule has 0 amide bonds. The summed E-state index contributed by atoms with van der Waals surface area (Å²) in [6, 6.07) is 15.5. The molecule has 29 heavy (non-hydrogen) atoms. The van der Waals surface area contributed by atoms with Crippen molar-refractivity contribution in [2.75, 3.05) is 26.6 Å². The molecule has 0 aliphatic carbocycles. The Morgan fingerprint density at radius 3 is 2.48 bits per heavy atom. The van der Waals surface area contributed by atoms with Gasteiger partial charge in [-0.3, -0.25) is 0 Å². The Bertz CT molecular complexity index is 1170. The highest BCUT2D eigenvalue weighted by molar-refractivity contribution is 5.83. The largest absolute Gasteiger partial charge is 0.497 e. The highest BCUT2D eigenvalue weighted by Crippen LogP contribution is 2.33. The maximum absolute atomic E-state index is 5.42. The van der Waals surface area contributed by atoms with Gasteiger partial charge in [-0.25, -0.2) is 9.97 Å². The average Bonchev–Trinajstić information content (AvgIpc) is 3.09. The molecule has 0 unspecified atom stereocenters. The number of nitrogens with one attached hydrogen (secondary N) is 1. The smallest absolute Gasteiger partial charge is 0.161 e. The lowest BCUT2D eigenvalue weighted by atomic mass is 10.2. The minimum absolute atomic E-state index is 0.663. The molecule has 4 aromatic rings. The van der Waals surface area contributed by atoms with Crippen LogP contribution in [0.25, 0.3) is 22.4 Å². The molecule has 0 atom stereocenters. The molecule has 0 fully saturated rings. The third-order valence-corrected chi connectivity index (χ3v) is 4.75. The number of hydrogen-bond acceptors (Lipinski definition) is 6. The van der Waals surface area contributed by atoms with Crippen molar-refractivity contribution < 1.29 is 14.2 Å². The van der Waals surface area contributed by atoms with Gasteiger partial charge in [0.2, 0.25) is 0 Å². The van der Waals surface area contributed by atoms with Crippen LogP contribution in [0, 0.1) is 0 Å². The van der Waals surface area contributed by atoms with Gasteiger partial charge in [0.05, 0.1) is 33.0 Å². The van der Waals surface area contributed by atoms with E-state index in [1.54, 1.807) is 27.5 Å². The number of fused-ring (bicyclic) bond motifs is 1. The Morgan fingerprint density at radius 1 is 0.897 bits per heavy atom. The maximum Gasteiger partial charge on any atom is 0.161 e. The first-order valence-corrected chi connectivity index (χ1v) is 9.09. The number of pyridine rings is 1. The van der Waals surface area contributed by atoms with Gasteiger partial charge in [-0.05, 0) is 30.3 Å². The molecule has 0 aliphatic rings. The second-order valence-corrected chi connectivity index (χ2v) is 6.48. The van der Waals surface area contributed by atoms with E-state index in [0.29, 0.717) is 11.5 Å². The summed E-state index contributed by atoms with van der Waals surface area (Å²) in [5.41, 5.74) is 3.62. The molecule has 4 rings (SSSR count). The number of rotatable bonds is 6. The summed E-state index contributed by atoms with van der Waals surface area (Å²) >= 11 is 0. The zero-order chi connectivity index (χ0) is 20.4. The number of aromatic nitrogens is 3. The second kappa shape index (κ2) is 7.71. The van der Waals surface area contributed by atoms with E-state index in [1.165, 1.54) is 0 Å². The molecule has 0 aliphatic heterocycles. The Hall–Kier alpha value is -3.74. The first-order valence-electron chi connectivity index (χ1n) is 9.09. The number of imidazole rings is 1. The maximum atomic E-state index is 5.42. The van der Waals surface area contributed by atoms with Crippen LogP contribution in [0.2, 0.25) is 0 Å². The predicted molar refractivity (Wildman–Crippen MR) is 113 cm³/mol. The van der Waals surface area contributed by atoms with Gasteiger partial charge in [-0.2, -0.15) is 0 Å². The highest BCUT2D eigenvalue weighted by Gasteiger charge is 2.14. The van der Waals surface area contributed by atoms with Crippen LogP contribution in [0.3, 0.4) is 0 Å². The monoisotopic (exact) mass is 390 g/mol. The molecule has 0 bridgehead atoms. The van der Waals surface area contributed by atoms with E-state index in [-0.39, 0.29) is 0 Å². The lowest BCUT2D eigenvalue weighted by molar-refractivity contribution is 0.355. The van der Waals surface area contributed by atoms with E-state index in [0.717, 1.165) is 39.7 Å². The van der Waals surface area contributed by atoms with Crippen molar-refractivity contribution >= 4 is 22.5 Å². The third kappa shape index (κ3) is 3.54. The number of hydrogen-bond donors (Lipinski definition) is 1. The molecule has 7 nitrogen and oxygen atoms in total. The highest BCUT2D eigenvalue weighted by atomic mass is 16.5. The van der Waals surface area contributed by atoms with Gasteiger partial charge in [0.1, 0.15) is 22.9 Å². The lowest BCUT2D eigenvalue weighted by Crippen LogP contribution is -1.96. The van der Waals surface area contributed by atoms with Gasteiger partial charge < -0.3 is 24.1 Å². The molecule has 0 saturated heterocycles. The van der Waals surface area contributed by atoms with Crippen LogP contribution in [-0.4, -0.2) is 35.9 Å². The van der Waals surface area contributed by atoms with E-state index in [9.17, 15) is 0 Å². The van der Waals surface area contributed by atoms with Gasteiger partial charge in [0, 0.05) is 30.4 Å². The summed E-state index contributed by atoms with van der Waals surface area (Å²) in [4.78, 5) is 9.24. The van der Waals surface area contributed by atoms with E-state index in [1.807, 2.05) is 60.1 Å². The van der Waals surface area contributed by atoms with Crippen molar-refractivity contribution in [2.45, 2.75) is 0 Å². The first kappa shape index (κ1) is 18.6. The van der Waals surface area contributed by atoms with Crippen LogP contribution in [-0.2, 0) is 7.05 Å². The Labute approximate surface area is 168 Å². The number of methoxy groups -OCH3 is 3. The van der Waals surface area contributed by atoms with E-state index < -0.39 is 0 Å². The molecule has 2 aromatic carbocycles. The molecule has 0 radical (unpaired) electrons. The molecule has 7 heteroatoms. The second-order valence-electron chi connectivity index (χ2n) is 6.48. The number of anilines is 2. The van der Waals surface area contributed by atoms with Crippen LogP contribution >= 0.6 is 0 Å². The summed E-state index contributed by atoms with van der Waals surface area (Å²) in [7, 11) is 6.87. The van der Waals surface area contributed by atoms with E-state index in [4.69, 9.17) is 19.2 Å². The summed E-state index contributed by atoms with van der Waals surface area (Å²) in [5, 5.41) is 3.31. The SMILES string of the molecule is COc1cccc(Nc2cc3c(cn2)nc(-c2ccc(OC)c(OC)c2)n3C)c1. The topological polar surface area (TPSA) is 70.4 Å². The predicted octanol–water partition coefficient (Wildman–Crippen LogP) is 4.40. The zero-order valence-electron chi connectivity index (χ0n) is 16.8. The number of ether oxygens (including phenoxy) is 3. The molecule has 2 aromatic heterocycles. The normalized spacial score (nSPS) is 10.8. The number of benzene rings is 2. The van der Waals surface area contributed by atoms with Crippen LogP contribution in [0.4, 0.5) is 11.5 Å². The molecule has 1 N–H and O–H groups in total. The minimum atomic E-state index is 0.663. The number of nitrogens with zero attached hydrogens (tertiary/aromatic N) is 3. The zero-order valence-corrected chi connectivity index (χ0v) is 16.8. The van der Waals surface area contributed by atoms with Crippen molar-refractivity contribution in [3.63, 3.8) is 0 Å². The van der Waals surface area contributed by atoms with Crippen molar-refractivity contribution in [1.82, 2.24) is 14.5 Å². The lowest BCUT2D eigenvalue weighted by Gasteiger charge is -2.10. The van der Waals surface area contributed by atoms with E-state index in [2.05, 4.69) is 10.3 Å². The summed E-state index contributed by atoms with van der Waals surface area (Å²) in [6.45, 7) is 0. The van der Waals surface area contributed by atoms with Crippen LogP contribution < -0.4 is 19.5 Å². The molecule has 0 saturated carbocycles. The van der Waals surface area contributed by atoms with Crippen molar-refractivity contribution in [1.29, 1.82) is 0 Å². The third-order valence-electron chi connectivity index (χ3n) is 4.75. The van der Waals surface area contributed by atoms with E-state index >= 15 is 0 Å². The Morgan fingerprint density at radius 2 is 1.72 bits per heavy atom. The first-order chi connectivity index (χ1) is 14.1. The molecule has 2 heterocycles. The standard InChI is InChI=1S/C22H22N4O3/c1-26-18-12-21(24-15-6-5-7-16(11-15)27-2)23-13-17(18)25-22(26)14-8-9-19(28-3)20(10-14)29-4/h5-13H,1-4H3,(H,23,24). The minimum Gasteiger partial charge on any atom is -0.497 e. The molecular formula is C22H22N4O3. The molecule has 148 valence electrons.